The second-order valence-corrected chi connectivity index (χ2v) is 5.37. The van der Waals surface area contributed by atoms with Crippen LogP contribution in [0.4, 0.5) is 20.2 Å². The van der Waals surface area contributed by atoms with Gasteiger partial charge >= 0.3 is 6.61 Å². The van der Waals surface area contributed by atoms with Crippen LogP contribution in [0.25, 0.3) is 0 Å². The van der Waals surface area contributed by atoms with Crippen LogP contribution in [0.5, 0.6) is 5.75 Å². The first kappa shape index (κ1) is 18.1. The van der Waals surface area contributed by atoms with Crippen molar-refractivity contribution < 1.29 is 27.5 Å². The van der Waals surface area contributed by atoms with Gasteiger partial charge in [-0.15, -0.1) is 0 Å². The van der Waals surface area contributed by atoms with Crippen LogP contribution < -0.4 is 15.4 Å². The van der Waals surface area contributed by atoms with Crippen LogP contribution in [-0.4, -0.2) is 18.4 Å². The van der Waals surface area contributed by atoms with Gasteiger partial charge in [0.1, 0.15) is 5.75 Å². The summed E-state index contributed by atoms with van der Waals surface area (Å²) in [6.45, 7) is -2.97. The molecular formula is C19H14F2N2O4. The summed E-state index contributed by atoms with van der Waals surface area (Å²) in [4.78, 5) is 24.1. The third-order valence-corrected chi connectivity index (χ3v) is 3.47. The monoisotopic (exact) mass is 372 g/mol. The van der Waals surface area contributed by atoms with Crippen LogP contribution in [0.15, 0.2) is 71.3 Å². The zero-order valence-electron chi connectivity index (χ0n) is 13.8. The van der Waals surface area contributed by atoms with Gasteiger partial charge in [-0.05, 0) is 54.6 Å². The lowest BCUT2D eigenvalue weighted by molar-refractivity contribution is -0.0498. The first-order valence-electron chi connectivity index (χ1n) is 7.82. The molecule has 1 heterocycles. The Morgan fingerprint density at radius 1 is 0.889 bits per heavy atom. The molecule has 3 aromatic rings. The molecule has 138 valence electrons. The standard InChI is InChI=1S/C19H14F2N2O4/c20-19(21)27-15-4-1-3-12(11-15)17(24)22-13-6-8-14(9-7-13)23-18(25)16-5-2-10-26-16/h1-11,19H,(H,22,24)(H,23,25). The second-order valence-electron chi connectivity index (χ2n) is 5.37. The van der Waals surface area contributed by atoms with Crippen molar-refractivity contribution in [3.8, 4) is 5.75 Å². The van der Waals surface area contributed by atoms with E-state index in [2.05, 4.69) is 15.4 Å². The Labute approximate surface area is 152 Å². The summed E-state index contributed by atoms with van der Waals surface area (Å²) in [5.41, 5.74) is 1.15. The van der Waals surface area contributed by atoms with Gasteiger partial charge < -0.3 is 19.8 Å². The molecule has 6 nitrogen and oxygen atoms in total. The minimum Gasteiger partial charge on any atom is -0.459 e. The van der Waals surface area contributed by atoms with Crippen molar-refractivity contribution in [1.29, 1.82) is 0 Å². The second kappa shape index (κ2) is 8.13. The van der Waals surface area contributed by atoms with Gasteiger partial charge in [0.2, 0.25) is 0 Å². The molecule has 3 rings (SSSR count). The topological polar surface area (TPSA) is 80.6 Å². The van der Waals surface area contributed by atoms with Crippen molar-refractivity contribution in [3.63, 3.8) is 0 Å². The van der Waals surface area contributed by atoms with Crippen molar-refractivity contribution in [2.45, 2.75) is 6.61 Å². The highest BCUT2D eigenvalue weighted by Crippen LogP contribution is 2.19. The number of benzene rings is 2. The highest BCUT2D eigenvalue weighted by atomic mass is 19.3. The predicted octanol–water partition coefficient (Wildman–Crippen LogP) is 4.39. The van der Waals surface area contributed by atoms with E-state index < -0.39 is 18.4 Å². The van der Waals surface area contributed by atoms with E-state index in [1.54, 1.807) is 30.3 Å². The maximum absolute atomic E-state index is 12.3. The molecule has 0 unspecified atom stereocenters. The molecule has 1 aromatic heterocycles. The van der Waals surface area contributed by atoms with E-state index in [-0.39, 0.29) is 17.1 Å². The van der Waals surface area contributed by atoms with Gasteiger partial charge in [0, 0.05) is 16.9 Å². The van der Waals surface area contributed by atoms with Gasteiger partial charge in [0.25, 0.3) is 11.8 Å². The van der Waals surface area contributed by atoms with Gasteiger partial charge in [-0.25, -0.2) is 0 Å². The van der Waals surface area contributed by atoms with Gasteiger partial charge in [-0.1, -0.05) is 6.07 Å². The van der Waals surface area contributed by atoms with Crippen molar-refractivity contribution >= 4 is 23.2 Å². The number of hydrogen-bond donors (Lipinski definition) is 2. The van der Waals surface area contributed by atoms with E-state index in [0.717, 1.165) is 0 Å². The smallest absolute Gasteiger partial charge is 0.387 e. The molecule has 2 amide bonds. The largest absolute Gasteiger partial charge is 0.459 e. The summed E-state index contributed by atoms with van der Waals surface area (Å²) in [7, 11) is 0. The van der Waals surface area contributed by atoms with E-state index >= 15 is 0 Å². The van der Waals surface area contributed by atoms with Gasteiger partial charge in [0.15, 0.2) is 5.76 Å². The minimum atomic E-state index is -2.97. The Balaban J connectivity index is 1.62. The first-order valence-corrected chi connectivity index (χ1v) is 7.82. The van der Waals surface area contributed by atoms with E-state index in [1.807, 2.05) is 0 Å². The maximum Gasteiger partial charge on any atom is 0.387 e. The highest BCUT2D eigenvalue weighted by Gasteiger charge is 2.11. The molecule has 0 bridgehead atoms. The Morgan fingerprint density at radius 2 is 1.56 bits per heavy atom. The molecule has 0 spiro atoms. The van der Waals surface area contributed by atoms with Crippen LogP contribution in [0.1, 0.15) is 20.9 Å². The molecule has 0 atom stereocenters. The SMILES string of the molecule is O=C(Nc1ccc(NC(=O)c2ccco2)cc1)c1cccc(OC(F)F)c1. The first-order chi connectivity index (χ1) is 13.0. The molecule has 0 saturated carbocycles. The fourth-order valence-corrected chi connectivity index (χ4v) is 2.25. The number of hydrogen-bond acceptors (Lipinski definition) is 4. The molecule has 8 heteroatoms. The Bertz CT molecular complexity index is 925. The third-order valence-electron chi connectivity index (χ3n) is 3.47. The summed E-state index contributed by atoms with van der Waals surface area (Å²) in [6.07, 6.45) is 1.40. The molecule has 2 N–H and O–H groups in total. The number of furan rings is 1. The summed E-state index contributed by atoms with van der Waals surface area (Å²) >= 11 is 0. The van der Waals surface area contributed by atoms with E-state index in [4.69, 9.17) is 4.42 Å². The number of nitrogens with one attached hydrogen (secondary N) is 2. The van der Waals surface area contributed by atoms with Gasteiger partial charge in [0.05, 0.1) is 6.26 Å². The molecule has 0 saturated heterocycles. The van der Waals surface area contributed by atoms with E-state index in [9.17, 15) is 18.4 Å². The van der Waals surface area contributed by atoms with Crippen molar-refractivity contribution in [1.82, 2.24) is 0 Å². The predicted molar refractivity (Wildman–Crippen MR) is 94.1 cm³/mol. The lowest BCUT2D eigenvalue weighted by Gasteiger charge is -2.09. The summed E-state index contributed by atoms with van der Waals surface area (Å²) in [5, 5.41) is 5.28. The van der Waals surface area contributed by atoms with Crippen LogP contribution in [0.2, 0.25) is 0 Å². The van der Waals surface area contributed by atoms with Gasteiger partial charge in [-0.2, -0.15) is 8.78 Å². The fourth-order valence-electron chi connectivity index (χ4n) is 2.25. The summed E-state index contributed by atoms with van der Waals surface area (Å²) in [5.74, 6) is -0.804. The van der Waals surface area contributed by atoms with Gasteiger partial charge in [-0.3, -0.25) is 9.59 Å². The molecule has 27 heavy (non-hydrogen) atoms. The van der Waals surface area contributed by atoms with Crippen molar-refractivity contribution in [2.24, 2.45) is 0 Å². The lowest BCUT2D eigenvalue weighted by atomic mass is 10.2. The number of amides is 2. The third kappa shape index (κ3) is 4.91. The normalized spacial score (nSPS) is 10.5. The lowest BCUT2D eigenvalue weighted by Crippen LogP contribution is -2.13. The van der Waals surface area contributed by atoms with E-state index in [0.29, 0.717) is 11.4 Å². The Kier molecular flexibility index (Phi) is 5.46. The molecule has 0 aliphatic rings. The molecule has 0 aliphatic carbocycles. The number of rotatable bonds is 6. The Hall–Kier alpha value is -3.68. The molecule has 2 aromatic carbocycles. The van der Waals surface area contributed by atoms with E-state index in [1.165, 1.54) is 36.6 Å². The van der Waals surface area contributed by atoms with Crippen LogP contribution in [0, 0.1) is 0 Å². The zero-order chi connectivity index (χ0) is 19.2. The average molecular weight is 372 g/mol. The number of anilines is 2. The van der Waals surface area contributed by atoms with Crippen LogP contribution in [0.3, 0.4) is 0 Å². The average Bonchev–Trinajstić information content (AvgIpc) is 3.18. The molecule has 0 fully saturated rings. The molecular weight excluding hydrogens is 358 g/mol. The number of ether oxygens (including phenoxy) is 1. The number of carbonyl (C=O) groups excluding carboxylic acids is 2. The number of halogens is 2. The number of alkyl halides is 2. The van der Waals surface area contributed by atoms with Crippen LogP contribution in [-0.2, 0) is 0 Å². The zero-order valence-corrected chi connectivity index (χ0v) is 13.8. The number of carbonyl (C=O) groups is 2. The van der Waals surface area contributed by atoms with Crippen molar-refractivity contribution in [2.75, 3.05) is 10.6 Å². The summed E-state index contributed by atoms with van der Waals surface area (Å²) < 4.78 is 33.8. The van der Waals surface area contributed by atoms with Crippen LogP contribution >= 0.6 is 0 Å². The summed E-state index contributed by atoms with van der Waals surface area (Å²) in [6, 6.07) is 15.0. The maximum atomic E-state index is 12.3. The minimum absolute atomic E-state index is 0.103. The molecule has 0 radical (unpaired) electrons. The molecule has 0 aliphatic heterocycles. The fraction of sp³-hybridized carbons (Fsp3) is 0.0526. The highest BCUT2D eigenvalue weighted by molar-refractivity contribution is 6.05. The quantitative estimate of drug-likeness (QED) is 0.673. The van der Waals surface area contributed by atoms with Crippen molar-refractivity contribution in [3.05, 3.63) is 78.3 Å². The Morgan fingerprint density at radius 3 is 2.15 bits per heavy atom.